The van der Waals surface area contributed by atoms with E-state index in [-0.39, 0.29) is 29.0 Å². The van der Waals surface area contributed by atoms with Gasteiger partial charge in [0.1, 0.15) is 5.78 Å². The summed E-state index contributed by atoms with van der Waals surface area (Å²) in [6, 6.07) is -0.105. The van der Waals surface area contributed by atoms with E-state index >= 15 is 0 Å². The lowest BCUT2D eigenvalue weighted by Crippen LogP contribution is -2.64. The molecule has 3 fully saturated rings. The molecule has 0 spiro atoms. The Hall–Kier alpha value is -0.500. The molecule has 0 amide bonds. The molecule has 2 heterocycles. The van der Waals surface area contributed by atoms with Gasteiger partial charge in [-0.15, -0.1) is 0 Å². The third-order valence-electron chi connectivity index (χ3n) is 4.92. The Bertz CT molecular complexity index is 518. The first kappa shape index (κ1) is 18.8. The molecule has 2 N–H and O–H groups in total. The van der Waals surface area contributed by atoms with Gasteiger partial charge in [-0.25, -0.2) is 13.1 Å². The summed E-state index contributed by atoms with van der Waals surface area (Å²) in [6.45, 7) is 8.28. The molecule has 0 aromatic carbocycles. The second kappa shape index (κ2) is 6.78. The van der Waals surface area contributed by atoms with Crippen molar-refractivity contribution in [1.82, 2.24) is 10.0 Å². The Kier molecular flexibility index (Phi) is 5.55. The lowest BCUT2D eigenvalue weighted by molar-refractivity contribution is -0.150. The van der Waals surface area contributed by atoms with Crippen LogP contribution in [0.4, 0.5) is 0 Å². The van der Waals surface area contributed by atoms with Crippen molar-refractivity contribution >= 4 is 15.8 Å². The Morgan fingerprint density at radius 3 is 2.17 bits per heavy atom. The van der Waals surface area contributed by atoms with Crippen LogP contribution >= 0.6 is 0 Å². The highest BCUT2D eigenvalue weighted by Crippen LogP contribution is 2.44. The van der Waals surface area contributed by atoms with Crippen molar-refractivity contribution in [2.24, 2.45) is 5.92 Å². The van der Waals surface area contributed by atoms with Crippen molar-refractivity contribution in [3.8, 4) is 0 Å². The van der Waals surface area contributed by atoms with Crippen molar-refractivity contribution in [2.75, 3.05) is 18.9 Å². The zero-order valence-electron chi connectivity index (χ0n) is 14.6. The zero-order chi connectivity index (χ0) is 17.3. The largest absolute Gasteiger partial charge is 0.372 e. The quantitative estimate of drug-likeness (QED) is 0.690. The molecule has 0 unspecified atom stereocenters. The second-order valence-corrected chi connectivity index (χ2v) is 9.51. The zero-order valence-corrected chi connectivity index (χ0v) is 15.5. The van der Waals surface area contributed by atoms with Crippen molar-refractivity contribution in [3.05, 3.63) is 0 Å². The minimum atomic E-state index is -3.33. The number of hydrogen-bond donors (Lipinski definition) is 2. The predicted molar refractivity (Wildman–Crippen MR) is 89.8 cm³/mol. The summed E-state index contributed by atoms with van der Waals surface area (Å²) in [5, 5.41) is 3.38. The van der Waals surface area contributed by atoms with E-state index in [0.29, 0.717) is 13.2 Å². The number of rotatable bonds is 8. The Morgan fingerprint density at radius 2 is 1.74 bits per heavy atom. The van der Waals surface area contributed by atoms with E-state index in [1.807, 2.05) is 27.7 Å². The average molecular weight is 346 g/mol. The highest BCUT2D eigenvalue weighted by Gasteiger charge is 2.51. The van der Waals surface area contributed by atoms with E-state index < -0.39 is 15.6 Å². The second-order valence-electron chi connectivity index (χ2n) is 7.76. The first-order valence-electron chi connectivity index (χ1n) is 8.49. The number of nitrogens with one attached hydrogen (secondary N) is 2. The van der Waals surface area contributed by atoms with Gasteiger partial charge >= 0.3 is 0 Å². The first-order valence-corrected chi connectivity index (χ1v) is 10.1. The van der Waals surface area contributed by atoms with E-state index in [4.69, 9.17) is 4.74 Å². The molecule has 134 valence electrons. The smallest absolute Gasteiger partial charge is 0.214 e. The van der Waals surface area contributed by atoms with Crippen molar-refractivity contribution < 1.29 is 17.9 Å². The van der Waals surface area contributed by atoms with Crippen LogP contribution in [0.25, 0.3) is 0 Å². The topological polar surface area (TPSA) is 84.5 Å². The maximum Gasteiger partial charge on any atom is 0.214 e. The van der Waals surface area contributed by atoms with Crippen molar-refractivity contribution in [3.63, 3.8) is 0 Å². The molecule has 0 aromatic rings. The number of sulfonamides is 1. The van der Waals surface area contributed by atoms with Gasteiger partial charge in [-0.3, -0.25) is 4.79 Å². The van der Waals surface area contributed by atoms with E-state index in [0.717, 1.165) is 25.7 Å². The first-order chi connectivity index (χ1) is 10.6. The van der Waals surface area contributed by atoms with Crippen LogP contribution in [-0.4, -0.2) is 50.3 Å². The van der Waals surface area contributed by atoms with Gasteiger partial charge in [0.15, 0.2) is 0 Å². The molecule has 7 heteroatoms. The standard InChI is InChI=1S/C16H30N2O4S/c1-12(2)14(19)9-17-15-5-7-16(8-6-15,22-10-15)11-23(20,21)18-13(3)4/h12-13,17-18H,5-11H2,1-4H3. The van der Waals surface area contributed by atoms with Crippen LogP contribution in [0.1, 0.15) is 53.4 Å². The molecule has 2 saturated heterocycles. The third kappa shape index (κ3) is 4.75. The molecule has 2 bridgehead atoms. The summed E-state index contributed by atoms with van der Waals surface area (Å²) in [4.78, 5) is 11.8. The number of fused-ring (bicyclic) bond motifs is 3. The molecule has 1 saturated carbocycles. The van der Waals surface area contributed by atoms with E-state index in [2.05, 4.69) is 10.0 Å². The lowest BCUT2D eigenvalue weighted by atomic mass is 9.72. The minimum absolute atomic E-state index is 0.0262. The van der Waals surface area contributed by atoms with Crippen LogP contribution in [0.2, 0.25) is 0 Å². The summed E-state index contributed by atoms with van der Waals surface area (Å²) in [6.07, 6.45) is 3.15. The minimum Gasteiger partial charge on any atom is -0.372 e. The fourth-order valence-electron chi connectivity index (χ4n) is 3.40. The summed E-state index contributed by atoms with van der Waals surface area (Å²) in [5.41, 5.74) is -0.728. The van der Waals surface area contributed by atoms with Gasteiger partial charge in [0.25, 0.3) is 0 Å². The van der Waals surface area contributed by atoms with Gasteiger partial charge < -0.3 is 10.1 Å². The Balaban J connectivity index is 1.93. The Labute approximate surface area is 139 Å². The highest BCUT2D eigenvalue weighted by molar-refractivity contribution is 7.89. The summed E-state index contributed by atoms with van der Waals surface area (Å²) in [7, 11) is -3.33. The lowest BCUT2D eigenvalue weighted by Gasteiger charge is -2.53. The van der Waals surface area contributed by atoms with Crippen LogP contribution in [0.3, 0.4) is 0 Å². The number of carbonyl (C=O) groups is 1. The van der Waals surface area contributed by atoms with Gasteiger partial charge in [0, 0.05) is 17.5 Å². The van der Waals surface area contributed by atoms with Crippen LogP contribution in [0.15, 0.2) is 0 Å². The molecule has 3 aliphatic rings. The third-order valence-corrected chi connectivity index (χ3v) is 6.66. The molecule has 6 nitrogen and oxygen atoms in total. The number of ether oxygens (including phenoxy) is 1. The van der Waals surface area contributed by atoms with Crippen LogP contribution in [0, 0.1) is 5.92 Å². The molecule has 1 aliphatic carbocycles. The number of carbonyl (C=O) groups excluding carboxylic acids is 1. The summed E-state index contributed by atoms with van der Waals surface area (Å²) in [5.74, 6) is 0.253. The molecule has 0 atom stereocenters. The van der Waals surface area contributed by atoms with E-state index in [9.17, 15) is 13.2 Å². The van der Waals surface area contributed by atoms with Crippen molar-refractivity contribution in [2.45, 2.75) is 70.6 Å². The fraction of sp³-hybridized carbons (Fsp3) is 0.938. The van der Waals surface area contributed by atoms with Gasteiger partial charge in [-0.2, -0.15) is 0 Å². The normalized spacial score (nSPS) is 31.0. The molecule has 3 rings (SSSR count). The molecule has 0 aromatic heterocycles. The Morgan fingerprint density at radius 1 is 1.13 bits per heavy atom. The van der Waals surface area contributed by atoms with E-state index in [1.54, 1.807) is 0 Å². The SMILES string of the molecule is CC(C)NS(=O)(=O)CC12CCC(NCC(=O)C(C)C)(CC1)CO2. The maximum atomic E-state index is 12.2. The average Bonchev–Trinajstić information content (AvgIpc) is 2.44. The number of hydrogen-bond acceptors (Lipinski definition) is 5. The molecule has 2 aliphatic heterocycles. The monoisotopic (exact) mass is 346 g/mol. The maximum absolute atomic E-state index is 12.2. The summed E-state index contributed by atoms with van der Waals surface area (Å²) >= 11 is 0. The van der Waals surface area contributed by atoms with Gasteiger partial charge in [0.05, 0.1) is 24.5 Å². The van der Waals surface area contributed by atoms with Crippen LogP contribution < -0.4 is 10.0 Å². The van der Waals surface area contributed by atoms with Gasteiger partial charge in [-0.05, 0) is 39.5 Å². The van der Waals surface area contributed by atoms with Crippen LogP contribution in [0.5, 0.6) is 0 Å². The molecular formula is C16H30N2O4S. The summed E-state index contributed by atoms with van der Waals surface area (Å²) < 4.78 is 33.0. The molecular weight excluding hydrogens is 316 g/mol. The predicted octanol–water partition coefficient (Wildman–Crippen LogP) is 1.21. The van der Waals surface area contributed by atoms with Gasteiger partial charge in [0.2, 0.25) is 10.0 Å². The molecule has 0 radical (unpaired) electrons. The highest BCUT2D eigenvalue weighted by atomic mass is 32.2. The van der Waals surface area contributed by atoms with Crippen molar-refractivity contribution in [1.29, 1.82) is 0 Å². The van der Waals surface area contributed by atoms with E-state index in [1.165, 1.54) is 0 Å². The van der Waals surface area contributed by atoms with Crippen LogP contribution in [-0.2, 0) is 19.6 Å². The van der Waals surface area contributed by atoms with Gasteiger partial charge in [-0.1, -0.05) is 13.8 Å². The number of Topliss-reactive ketones (excluding diaryl/α,β-unsaturated/α-hetero) is 1. The number of ketones is 1. The fourth-order valence-corrected chi connectivity index (χ4v) is 5.27. The molecule has 23 heavy (non-hydrogen) atoms.